The van der Waals surface area contributed by atoms with Crippen LogP contribution in [0.25, 0.3) is 0 Å². The molecule has 29 heavy (non-hydrogen) atoms. The lowest BCUT2D eigenvalue weighted by Crippen LogP contribution is -2.30. The number of esters is 2. The van der Waals surface area contributed by atoms with Gasteiger partial charge in [0.15, 0.2) is 5.92 Å². The Bertz CT molecular complexity index is 972. The second-order valence-corrected chi connectivity index (χ2v) is 7.22. The number of benzene rings is 3. The molecule has 3 aromatic rings. The number of carbonyl (C=O) groups is 2. The van der Waals surface area contributed by atoms with Crippen molar-refractivity contribution >= 4 is 11.9 Å². The lowest BCUT2D eigenvalue weighted by Gasteiger charge is -2.17. The normalized spacial score (nSPS) is 10.7. The van der Waals surface area contributed by atoms with Gasteiger partial charge < -0.3 is 9.47 Å². The Labute approximate surface area is 171 Å². The molecule has 0 unspecified atom stereocenters. The first-order valence-electron chi connectivity index (χ1n) is 9.48. The van der Waals surface area contributed by atoms with Crippen LogP contribution < -0.4 is 9.47 Å². The van der Waals surface area contributed by atoms with Crippen molar-refractivity contribution in [2.75, 3.05) is 0 Å². The second-order valence-electron chi connectivity index (χ2n) is 7.22. The zero-order chi connectivity index (χ0) is 21.0. The van der Waals surface area contributed by atoms with Crippen LogP contribution in [0.15, 0.2) is 66.7 Å². The van der Waals surface area contributed by atoms with Crippen LogP contribution in [0.1, 0.15) is 33.7 Å². The average Bonchev–Trinajstić information content (AvgIpc) is 2.67. The Kier molecular flexibility index (Phi) is 6.13. The molecular weight excluding hydrogens is 364 g/mol. The van der Waals surface area contributed by atoms with E-state index in [-0.39, 0.29) is 0 Å². The van der Waals surface area contributed by atoms with Crippen LogP contribution in [-0.4, -0.2) is 11.9 Å². The largest absolute Gasteiger partial charge is 0.425 e. The Morgan fingerprint density at radius 2 is 1.10 bits per heavy atom. The number of rotatable bonds is 5. The van der Waals surface area contributed by atoms with Crippen molar-refractivity contribution in [1.82, 2.24) is 0 Å². The molecule has 0 fully saturated rings. The number of ether oxygens (including phenoxy) is 2. The van der Waals surface area contributed by atoms with Crippen LogP contribution in [0.2, 0.25) is 0 Å². The van der Waals surface area contributed by atoms with E-state index in [2.05, 4.69) is 0 Å². The van der Waals surface area contributed by atoms with Crippen molar-refractivity contribution in [3.63, 3.8) is 0 Å². The van der Waals surface area contributed by atoms with Crippen molar-refractivity contribution in [2.45, 2.75) is 33.6 Å². The number of hydrogen-bond donors (Lipinski definition) is 0. The molecule has 0 aliphatic heterocycles. The summed E-state index contributed by atoms with van der Waals surface area (Å²) in [6, 6.07) is 19.9. The van der Waals surface area contributed by atoms with Gasteiger partial charge in [0.05, 0.1) is 0 Å². The molecule has 0 aromatic heterocycles. The van der Waals surface area contributed by atoms with Crippen LogP contribution in [0.3, 0.4) is 0 Å². The van der Waals surface area contributed by atoms with Crippen molar-refractivity contribution in [3.8, 4) is 11.5 Å². The van der Waals surface area contributed by atoms with Gasteiger partial charge in [0.25, 0.3) is 0 Å². The van der Waals surface area contributed by atoms with Crippen molar-refractivity contribution < 1.29 is 19.1 Å². The third-order valence-corrected chi connectivity index (χ3v) is 4.69. The maximum absolute atomic E-state index is 13.0. The van der Waals surface area contributed by atoms with Gasteiger partial charge in [0.1, 0.15) is 11.5 Å². The van der Waals surface area contributed by atoms with Gasteiger partial charge in [-0.3, -0.25) is 9.59 Å². The third kappa shape index (κ3) is 4.91. The molecule has 3 aromatic carbocycles. The first kappa shape index (κ1) is 20.3. The molecule has 0 bridgehead atoms. The number of carbonyl (C=O) groups excluding carboxylic acids is 2. The van der Waals surface area contributed by atoms with E-state index in [0.717, 1.165) is 22.3 Å². The summed E-state index contributed by atoms with van der Waals surface area (Å²) in [5, 5.41) is 0. The SMILES string of the molecule is Cc1ccc(OC(=O)C(C(=O)Oc2ccc(C)cc2C)c2ccccc2)c(C)c1. The van der Waals surface area contributed by atoms with E-state index in [1.54, 1.807) is 36.4 Å². The monoisotopic (exact) mass is 388 g/mol. The highest BCUT2D eigenvalue weighted by molar-refractivity contribution is 6.02. The molecule has 0 spiro atoms. The predicted octanol–water partition coefficient (Wildman–Crippen LogP) is 5.22. The Hall–Kier alpha value is -3.40. The van der Waals surface area contributed by atoms with Gasteiger partial charge in [-0.05, 0) is 56.5 Å². The molecule has 0 aliphatic rings. The molecule has 4 nitrogen and oxygen atoms in total. The van der Waals surface area contributed by atoms with Gasteiger partial charge in [0.2, 0.25) is 0 Å². The lowest BCUT2D eigenvalue weighted by atomic mass is 9.99. The molecule has 0 aliphatic carbocycles. The molecule has 0 heterocycles. The molecule has 0 saturated heterocycles. The Balaban J connectivity index is 1.90. The van der Waals surface area contributed by atoms with Gasteiger partial charge in [-0.15, -0.1) is 0 Å². The van der Waals surface area contributed by atoms with Crippen molar-refractivity contribution in [2.24, 2.45) is 0 Å². The molecule has 0 amide bonds. The predicted molar refractivity (Wildman–Crippen MR) is 112 cm³/mol. The standard InChI is InChI=1S/C25H24O4/c1-16-10-12-21(18(3)14-16)28-24(26)23(20-8-6-5-7-9-20)25(27)29-22-13-11-17(2)15-19(22)4/h5-15,23H,1-4H3. The zero-order valence-corrected chi connectivity index (χ0v) is 17.1. The van der Waals surface area contributed by atoms with E-state index in [4.69, 9.17) is 9.47 Å². The summed E-state index contributed by atoms with van der Waals surface area (Å²) in [5.74, 6) is -1.66. The van der Waals surface area contributed by atoms with Crippen LogP contribution in [0.5, 0.6) is 11.5 Å². The summed E-state index contributed by atoms with van der Waals surface area (Å²) < 4.78 is 11.2. The topological polar surface area (TPSA) is 52.6 Å². The highest BCUT2D eigenvalue weighted by atomic mass is 16.6. The van der Waals surface area contributed by atoms with Crippen LogP contribution in [0, 0.1) is 27.7 Å². The van der Waals surface area contributed by atoms with Gasteiger partial charge in [-0.1, -0.05) is 65.7 Å². The molecule has 148 valence electrons. The van der Waals surface area contributed by atoms with Gasteiger partial charge in [-0.2, -0.15) is 0 Å². The number of hydrogen-bond acceptors (Lipinski definition) is 4. The van der Waals surface area contributed by atoms with E-state index in [1.807, 2.05) is 58.0 Å². The Morgan fingerprint density at radius 3 is 1.52 bits per heavy atom. The van der Waals surface area contributed by atoms with Crippen LogP contribution >= 0.6 is 0 Å². The summed E-state index contributed by atoms with van der Waals surface area (Å²) in [5.41, 5.74) is 4.31. The number of aryl methyl sites for hydroxylation is 4. The fraction of sp³-hybridized carbons (Fsp3) is 0.200. The van der Waals surface area contributed by atoms with Gasteiger partial charge in [-0.25, -0.2) is 0 Å². The van der Waals surface area contributed by atoms with Crippen molar-refractivity contribution in [1.29, 1.82) is 0 Å². The fourth-order valence-corrected chi connectivity index (χ4v) is 3.18. The van der Waals surface area contributed by atoms with E-state index >= 15 is 0 Å². The second kappa shape index (κ2) is 8.74. The van der Waals surface area contributed by atoms with Crippen LogP contribution in [-0.2, 0) is 9.59 Å². The molecule has 0 N–H and O–H groups in total. The van der Waals surface area contributed by atoms with Crippen LogP contribution in [0.4, 0.5) is 0 Å². The molecule has 0 atom stereocenters. The minimum atomic E-state index is -1.18. The quantitative estimate of drug-likeness (QED) is 0.342. The molecule has 0 radical (unpaired) electrons. The van der Waals surface area contributed by atoms with E-state index in [0.29, 0.717) is 17.1 Å². The molecule has 0 saturated carbocycles. The van der Waals surface area contributed by atoms with E-state index in [9.17, 15) is 9.59 Å². The first-order chi connectivity index (χ1) is 13.8. The highest BCUT2D eigenvalue weighted by Crippen LogP contribution is 2.26. The van der Waals surface area contributed by atoms with Gasteiger partial charge >= 0.3 is 11.9 Å². The summed E-state index contributed by atoms with van der Waals surface area (Å²) in [4.78, 5) is 26.0. The summed E-state index contributed by atoms with van der Waals surface area (Å²) in [6.07, 6.45) is 0. The van der Waals surface area contributed by atoms with E-state index < -0.39 is 17.9 Å². The smallest absolute Gasteiger partial charge is 0.330 e. The lowest BCUT2D eigenvalue weighted by molar-refractivity contribution is -0.147. The maximum atomic E-state index is 13.0. The molecular formula is C25H24O4. The molecule has 3 rings (SSSR count). The van der Waals surface area contributed by atoms with Crippen molar-refractivity contribution in [3.05, 3.63) is 94.5 Å². The minimum Gasteiger partial charge on any atom is -0.425 e. The van der Waals surface area contributed by atoms with E-state index in [1.165, 1.54) is 0 Å². The minimum absolute atomic E-state index is 0.431. The van der Waals surface area contributed by atoms with Gasteiger partial charge in [0, 0.05) is 0 Å². The summed E-state index contributed by atoms with van der Waals surface area (Å²) in [7, 11) is 0. The highest BCUT2D eigenvalue weighted by Gasteiger charge is 2.33. The fourth-order valence-electron chi connectivity index (χ4n) is 3.18. The third-order valence-electron chi connectivity index (χ3n) is 4.69. The Morgan fingerprint density at radius 1 is 0.655 bits per heavy atom. The summed E-state index contributed by atoms with van der Waals surface area (Å²) >= 11 is 0. The molecule has 4 heteroatoms. The first-order valence-corrected chi connectivity index (χ1v) is 9.48. The average molecular weight is 388 g/mol. The maximum Gasteiger partial charge on any atom is 0.330 e. The summed E-state index contributed by atoms with van der Waals surface area (Å²) in [6.45, 7) is 7.65. The zero-order valence-electron chi connectivity index (χ0n) is 17.1.